The third-order valence-corrected chi connectivity index (χ3v) is 13.2. The lowest BCUT2D eigenvalue weighted by Crippen LogP contribution is -2.64. The number of carbonyl (C=O) groups is 3. The van der Waals surface area contributed by atoms with E-state index in [4.69, 9.17) is 9.47 Å². The van der Waals surface area contributed by atoms with Crippen molar-refractivity contribution in [1.82, 2.24) is 0 Å². The van der Waals surface area contributed by atoms with Gasteiger partial charge in [0.1, 0.15) is 35.8 Å². The molecule has 1 aliphatic heterocycles. The highest BCUT2D eigenvalue weighted by Crippen LogP contribution is 2.74. The quantitative estimate of drug-likeness (QED) is 0.180. The van der Waals surface area contributed by atoms with Crippen LogP contribution in [0.3, 0.4) is 0 Å². The second kappa shape index (κ2) is 11.8. The summed E-state index contributed by atoms with van der Waals surface area (Å²) in [5.74, 6) is -3.21. The molecule has 12 nitrogen and oxygen atoms in total. The summed E-state index contributed by atoms with van der Waals surface area (Å²) in [6.45, 7) is 13.1. The lowest BCUT2D eigenvalue weighted by Gasteiger charge is -2.63. The molecule has 1 saturated heterocycles. The Morgan fingerprint density at radius 2 is 1.60 bits per heavy atom. The molecular weight excluding hydrogens is 624 g/mol. The van der Waals surface area contributed by atoms with E-state index in [0.29, 0.717) is 6.42 Å². The van der Waals surface area contributed by atoms with E-state index in [1.165, 1.54) is 6.92 Å². The minimum absolute atomic E-state index is 0.0396. The number of hydrogen-bond acceptors (Lipinski definition) is 12. The van der Waals surface area contributed by atoms with Crippen molar-refractivity contribution >= 4 is 17.3 Å². The molecule has 13 atom stereocenters. The molecule has 1 heterocycles. The molecule has 0 aromatic rings. The number of aliphatic hydroxyl groups is 7. The minimum Gasteiger partial charge on any atom is -0.459 e. The van der Waals surface area contributed by atoms with Gasteiger partial charge in [0.05, 0.1) is 23.7 Å². The van der Waals surface area contributed by atoms with Crippen molar-refractivity contribution in [3.8, 4) is 0 Å². The number of carbonyl (C=O) groups excluding carboxylic acids is 3. The largest absolute Gasteiger partial charge is 0.459 e. The van der Waals surface area contributed by atoms with Crippen molar-refractivity contribution in [2.24, 2.45) is 39.4 Å². The van der Waals surface area contributed by atoms with Gasteiger partial charge in [-0.1, -0.05) is 32.4 Å². The smallest absolute Gasteiger partial charge is 0.229 e. The van der Waals surface area contributed by atoms with Crippen LogP contribution in [0.25, 0.3) is 0 Å². The summed E-state index contributed by atoms with van der Waals surface area (Å²) in [6.07, 6.45) is -4.80. The van der Waals surface area contributed by atoms with Crippen molar-refractivity contribution in [3.63, 3.8) is 0 Å². The molecule has 4 aliphatic carbocycles. The molecule has 3 fully saturated rings. The molecule has 48 heavy (non-hydrogen) atoms. The van der Waals surface area contributed by atoms with E-state index in [2.05, 4.69) is 0 Å². The molecule has 12 heteroatoms. The Labute approximate surface area is 281 Å². The molecule has 0 aromatic heterocycles. The van der Waals surface area contributed by atoms with Crippen molar-refractivity contribution in [2.45, 2.75) is 136 Å². The second-order valence-corrected chi connectivity index (χ2v) is 17.1. The van der Waals surface area contributed by atoms with Gasteiger partial charge in [0.15, 0.2) is 11.5 Å². The molecule has 2 unspecified atom stereocenters. The maximum Gasteiger partial charge on any atom is 0.229 e. The number of Topliss-reactive ketones (excluding diaryl/α,β-unsaturated/α-hetero) is 3. The number of hydrogen-bond donors (Lipinski definition) is 7. The first kappa shape index (κ1) is 37.2. The van der Waals surface area contributed by atoms with E-state index in [0.717, 1.165) is 5.57 Å². The first-order valence-electron chi connectivity index (χ1n) is 17.0. The molecule has 0 spiro atoms. The monoisotopic (exact) mass is 678 g/mol. The van der Waals surface area contributed by atoms with Crippen molar-refractivity contribution in [3.05, 3.63) is 23.5 Å². The summed E-state index contributed by atoms with van der Waals surface area (Å²) in [7, 11) is 0. The van der Waals surface area contributed by atoms with E-state index in [1.807, 2.05) is 26.8 Å². The Morgan fingerprint density at radius 1 is 0.979 bits per heavy atom. The van der Waals surface area contributed by atoms with Crippen LogP contribution in [0, 0.1) is 39.4 Å². The lowest BCUT2D eigenvalue weighted by molar-refractivity contribution is -0.291. The van der Waals surface area contributed by atoms with Gasteiger partial charge >= 0.3 is 0 Å². The van der Waals surface area contributed by atoms with Crippen LogP contribution in [0.5, 0.6) is 0 Å². The number of fused-ring (bicyclic) bond motifs is 5. The van der Waals surface area contributed by atoms with E-state index in [1.54, 1.807) is 33.8 Å². The van der Waals surface area contributed by atoms with Gasteiger partial charge in [0, 0.05) is 30.1 Å². The summed E-state index contributed by atoms with van der Waals surface area (Å²) in [4.78, 5) is 42.0. The number of aliphatic hydroxyl groups excluding tert-OH is 5. The maximum absolute atomic E-state index is 14.7. The predicted octanol–water partition coefficient (Wildman–Crippen LogP) is 1.10. The van der Waals surface area contributed by atoms with Crippen LogP contribution in [0.1, 0.15) is 87.5 Å². The zero-order chi connectivity index (χ0) is 36.2. The summed E-state index contributed by atoms with van der Waals surface area (Å²) < 4.78 is 11.5. The van der Waals surface area contributed by atoms with Crippen molar-refractivity contribution in [2.75, 3.05) is 6.61 Å². The Morgan fingerprint density at radius 3 is 2.19 bits per heavy atom. The Bertz CT molecular complexity index is 1410. The highest BCUT2D eigenvalue weighted by atomic mass is 16.7. The number of ketones is 3. The Kier molecular flexibility index (Phi) is 9.12. The maximum atomic E-state index is 14.7. The fraction of sp³-hybridized carbons (Fsp3) is 0.806. The van der Waals surface area contributed by atoms with Crippen LogP contribution in [0.2, 0.25) is 0 Å². The number of ether oxygens (including phenoxy) is 2. The topological polar surface area (TPSA) is 211 Å². The Balaban J connectivity index is 1.53. The third kappa shape index (κ3) is 5.28. The predicted molar refractivity (Wildman–Crippen MR) is 171 cm³/mol. The van der Waals surface area contributed by atoms with E-state index < -0.39 is 99.7 Å². The third-order valence-electron chi connectivity index (χ3n) is 13.2. The first-order chi connectivity index (χ1) is 21.9. The van der Waals surface area contributed by atoms with Gasteiger partial charge in [-0.15, -0.1) is 0 Å². The highest BCUT2D eigenvalue weighted by molar-refractivity contribution is 6.02. The molecule has 2 saturated carbocycles. The van der Waals surface area contributed by atoms with Crippen LogP contribution in [-0.4, -0.2) is 108 Å². The Hall–Kier alpha value is -2.03. The van der Waals surface area contributed by atoms with E-state index in [-0.39, 0.29) is 43.1 Å². The molecule has 270 valence electrons. The molecule has 5 rings (SSSR count). The van der Waals surface area contributed by atoms with Crippen LogP contribution >= 0.6 is 0 Å². The molecule has 7 N–H and O–H groups in total. The van der Waals surface area contributed by atoms with Gasteiger partial charge in [0.2, 0.25) is 12.1 Å². The SMILES string of the molecule is CC(C)(O)CCC(=O)C(C)(O)[C@H]1[C@H](O)C[C@@]2(C)C3CC=C4[C@@H](C=C(O[C@@H]5O[C@H](CO)[C@@H](O)[C@H](O)[C@H]5O)C(=O)C4(C)C)[C@]3(C)C(=O)C[C@]12C. The summed E-state index contributed by atoms with van der Waals surface area (Å²) in [5.41, 5.74) is -6.30. The molecule has 0 aromatic carbocycles. The first-order valence-corrected chi connectivity index (χ1v) is 17.0. The number of allylic oxidation sites excluding steroid dienone is 4. The van der Waals surface area contributed by atoms with Gasteiger partial charge in [-0.3, -0.25) is 14.4 Å². The molecule has 0 radical (unpaired) electrons. The summed E-state index contributed by atoms with van der Waals surface area (Å²) in [5, 5.41) is 74.5. The average molecular weight is 679 g/mol. The molecular formula is C36H54O12. The molecule has 0 amide bonds. The summed E-state index contributed by atoms with van der Waals surface area (Å²) in [6, 6.07) is 0. The van der Waals surface area contributed by atoms with Crippen LogP contribution in [0.15, 0.2) is 23.5 Å². The van der Waals surface area contributed by atoms with Gasteiger partial charge in [0.25, 0.3) is 0 Å². The standard InChI is InChI=1S/C36H54O12/c1-31(2,45)12-11-23(39)36(8,46)28-19(38)14-33(5)22-10-9-17-18(35(22,7)24(40)15-34(28,33)6)13-20(29(44)32(17,3)4)47-30-27(43)26(42)25(41)21(16-37)48-30/h9,13,18-19,21-22,25-28,30,37-38,41-43,45-46H,10-12,14-16H2,1-8H3/t18-,19-,21-,22?,25-,26+,27-,28+,30-,33+,34-,35+,36?/m1/s1. The van der Waals surface area contributed by atoms with Crippen LogP contribution in [0.4, 0.5) is 0 Å². The zero-order valence-electron chi connectivity index (χ0n) is 29.3. The fourth-order valence-electron chi connectivity index (χ4n) is 10.2. The molecule has 5 aliphatic rings. The van der Waals surface area contributed by atoms with E-state index >= 15 is 0 Å². The second-order valence-electron chi connectivity index (χ2n) is 17.1. The average Bonchev–Trinajstić information content (AvgIpc) is 3.19. The minimum atomic E-state index is -1.97. The van der Waals surface area contributed by atoms with Gasteiger partial charge in [-0.25, -0.2) is 0 Å². The van der Waals surface area contributed by atoms with Crippen molar-refractivity contribution in [1.29, 1.82) is 0 Å². The van der Waals surface area contributed by atoms with Crippen LogP contribution in [-0.2, 0) is 23.9 Å². The normalized spacial score (nSPS) is 45.3. The van der Waals surface area contributed by atoms with Gasteiger partial charge in [-0.2, -0.15) is 0 Å². The fourth-order valence-corrected chi connectivity index (χ4v) is 10.2. The van der Waals surface area contributed by atoms with Crippen LogP contribution < -0.4 is 0 Å². The summed E-state index contributed by atoms with van der Waals surface area (Å²) >= 11 is 0. The van der Waals surface area contributed by atoms with Gasteiger partial charge in [-0.05, 0) is 76.7 Å². The lowest BCUT2D eigenvalue weighted by atomic mass is 9.39. The molecule has 0 bridgehead atoms. The van der Waals surface area contributed by atoms with Crippen molar-refractivity contribution < 1.29 is 59.6 Å². The highest BCUT2D eigenvalue weighted by Gasteiger charge is 2.74. The van der Waals surface area contributed by atoms with E-state index in [9.17, 15) is 50.1 Å². The van der Waals surface area contributed by atoms with Gasteiger partial charge < -0.3 is 45.2 Å². The number of rotatable bonds is 8. The zero-order valence-corrected chi connectivity index (χ0v) is 29.3.